The molecule has 3 heterocycles. The Kier molecular flexibility index (Phi) is 13.9. The van der Waals surface area contributed by atoms with Crippen molar-refractivity contribution in [3.8, 4) is 0 Å². The lowest BCUT2D eigenvalue weighted by Gasteiger charge is -2.27. The van der Waals surface area contributed by atoms with Gasteiger partial charge in [-0.3, -0.25) is 9.48 Å². The molecule has 5 N–H and O–H groups in total. The first kappa shape index (κ1) is 30.7. The minimum Gasteiger partial charge on any atom is -0.364 e. The number of carbonyl (C=O) groups excluding carboxylic acids is 2. The van der Waals surface area contributed by atoms with Crippen molar-refractivity contribution in [2.24, 2.45) is 11.5 Å². The summed E-state index contributed by atoms with van der Waals surface area (Å²) in [5, 5.41) is 7.65. The maximum atomic E-state index is 11.8. The van der Waals surface area contributed by atoms with Gasteiger partial charge in [0.05, 0.1) is 24.1 Å². The third-order valence-corrected chi connectivity index (χ3v) is 5.68. The van der Waals surface area contributed by atoms with Crippen LogP contribution in [0.4, 0.5) is 22.1 Å². The number of carbonyl (C=O) groups is 2. The standard InChI is InChI=1S/C18H25N7O.C3H8N2O.2C2H6/c19-17(26)16-18(23-15(11-20-16)24-8-4-1-5-9-24)22-13-10-21-25(12-13)14-6-2-3-7-14;1-5(2)3(4)6;2*1-2/h10-12,14H,1-9H2,(H2,19,26)(H,22,23);1-2H3,(H2,4,6);2*1-2H3. The van der Waals surface area contributed by atoms with Gasteiger partial charge in [-0.25, -0.2) is 14.8 Å². The minimum atomic E-state index is -0.589. The van der Waals surface area contributed by atoms with E-state index in [1.165, 1.54) is 24.2 Å². The molecule has 1 saturated heterocycles. The summed E-state index contributed by atoms with van der Waals surface area (Å²) >= 11 is 0. The van der Waals surface area contributed by atoms with Gasteiger partial charge in [0.1, 0.15) is 5.82 Å². The van der Waals surface area contributed by atoms with Gasteiger partial charge in [0.2, 0.25) is 0 Å². The summed E-state index contributed by atoms with van der Waals surface area (Å²) in [7, 11) is 3.20. The molecule has 4 rings (SSSR count). The van der Waals surface area contributed by atoms with E-state index in [2.05, 4.69) is 25.3 Å². The van der Waals surface area contributed by atoms with E-state index in [-0.39, 0.29) is 5.69 Å². The molecular formula is C25H45N9O2. The first-order valence-electron chi connectivity index (χ1n) is 13.0. The van der Waals surface area contributed by atoms with Crippen molar-refractivity contribution in [1.29, 1.82) is 0 Å². The van der Waals surface area contributed by atoms with Crippen molar-refractivity contribution in [2.45, 2.75) is 78.7 Å². The zero-order chi connectivity index (χ0) is 27.1. The first-order valence-corrected chi connectivity index (χ1v) is 13.0. The van der Waals surface area contributed by atoms with Crippen LogP contribution in [0.15, 0.2) is 18.6 Å². The Morgan fingerprint density at radius 3 is 2.08 bits per heavy atom. The number of piperidine rings is 1. The average Bonchev–Trinajstić information content (AvgIpc) is 3.60. The van der Waals surface area contributed by atoms with Gasteiger partial charge >= 0.3 is 6.03 Å². The molecule has 3 amide bonds. The quantitative estimate of drug-likeness (QED) is 0.551. The molecule has 11 nitrogen and oxygen atoms in total. The smallest absolute Gasteiger partial charge is 0.314 e. The predicted octanol–water partition coefficient (Wildman–Crippen LogP) is 4.30. The Labute approximate surface area is 215 Å². The number of amides is 3. The van der Waals surface area contributed by atoms with Gasteiger partial charge in [0.25, 0.3) is 5.91 Å². The van der Waals surface area contributed by atoms with E-state index in [0.717, 1.165) is 50.3 Å². The van der Waals surface area contributed by atoms with Gasteiger partial charge in [0.15, 0.2) is 11.5 Å². The van der Waals surface area contributed by atoms with Crippen LogP contribution >= 0.6 is 0 Å². The van der Waals surface area contributed by atoms with Crippen molar-refractivity contribution in [1.82, 2.24) is 24.6 Å². The van der Waals surface area contributed by atoms with Crippen LogP contribution in [0.5, 0.6) is 0 Å². The number of nitrogens with one attached hydrogen (secondary N) is 1. The fraction of sp³-hybridized carbons (Fsp3) is 0.640. The highest BCUT2D eigenvalue weighted by Crippen LogP contribution is 2.30. The van der Waals surface area contributed by atoms with E-state index in [1.54, 1.807) is 26.5 Å². The third kappa shape index (κ3) is 9.35. The van der Waals surface area contributed by atoms with Crippen molar-refractivity contribution in [3.05, 3.63) is 24.3 Å². The van der Waals surface area contributed by atoms with E-state index >= 15 is 0 Å². The van der Waals surface area contributed by atoms with Crippen LogP contribution in [-0.4, -0.2) is 63.8 Å². The van der Waals surface area contributed by atoms with Gasteiger partial charge in [-0.2, -0.15) is 5.10 Å². The van der Waals surface area contributed by atoms with Gasteiger partial charge in [0, 0.05) is 33.4 Å². The summed E-state index contributed by atoms with van der Waals surface area (Å²) in [6.07, 6.45) is 13.7. The van der Waals surface area contributed by atoms with Crippen LogP contribution in [0, 0.1) is 0 Å². The fourth-order valence-electron chi connectivity index (χ4n) is 3.83. The predicted molar refractivity (Wildman–Crippen MR) is 146 cm³/mol. The Hall–Kier alpha value is -3.37. The molecule has 0 radical (unpaired) electrons. The lowest BCUT2D eigenvalue weighted by atomic mass is 10.1. The van der Waals surface area contributed by atoms with Crippen molar-refractivity contribution < 1.29 is 9.59 Å². The van der Waals surface area contributed by atoms with E-state index in [0.29, 0.717) is 11.9 Å². The molecule has 1 saturated carbocycles. The van der Waals surface area contributed by atoms with E-state index in [9.17, 15) is 9.59 Å². The van der Waals surface area contributed by atoms with E-state index < -0.39 is 11.9 Å². The van der Waals surface area contributed by atoms with Crippen LogP contribution in [0.2, 0.25) is 0 Å². The molecule has 1 aliphatic carbocycles. The number of rotatable bonds is 5. The Morgan fingerprint density at radius 2 is 1.56 bits per heavy atom. The SMILES string of the molecule is CC.CC.CN(C)C(N)=O.NC(=O)c1ncc(N2CCCCC2)nc1Nc1cnn(C2CCCC2)c1. The molecule has 0 bridgehead atoms. The highest BCUT2D eigenvalue weighted by molar-refractivity contribution is 5.96. The highest BCUT2D eigenvalue weighted by atomic mass is 16.2. The number of aromatic nitrogens is 4. The fourth-order valence-corrected chi connectivity index (χ4v) is 3.83. The molecule has 0 unspecified atom stereocenters. The number of urea groups is 1. The summed E-state index contributed by atoms with van der Waals surface area (Å²) < 4.78 is 2.00. The molecule has 0 atom stereocenters. The third-order valence-electron chi connectivity index (χ3n) is 5.68. The monoisotopic (exact) mass is 503 g/mol. The normalized spacial score (nSPS) is 14.8. The number of hydrogen-bond acceptors (Lipinski definition) is 7. The van der Waals surface area contributed by atoms with Crippen molar-refractivity contribution in [3.63, 3.8) is 0 Å². The summed E-state index contributed by atoms with van der Waals surface area (Å²) in [6.45, 7) is 9.92. The molecule has 2 fully saturated rings. The van der Waals surface area contributed by atoms with Crippen LogP contribution in [0.1, 0.15) is 89.2 Å². The van der Waals surface area contributed by atoms with Crippen LogP contribution in [-0.2, 0) is 0 Å². The van der Waals surface area contributed by atoms with E-state index in [1.807, 2.05) is 38.6 Å². The molecule has 2 aliphatic rings. The van der Waals surface area contributed by atoms with Crippen LogP contribution < -0.4 is 21.7 Å². The molecule has 0 spiro atoms. The maximum absolute atomic E-state index is 11.8. The maximum Gasteiger partial charge on any atom is 0.314 e. The molecule has 36 heavy (non-hydrogen) atoms. The van der Waals surface area contributed by atoms with Crippen LogP contribution in [0.3, 0.4) is 0 Å². The molecule has 0 aromatic carbocycles. The molecular weight excluding hydrogens is 458 g/mol. The Bertz CT molecular complexity index is 918. The van der Waals surface area contributed by atoms with Gasteiger partial charge in [-0.05, 0) is 32.1 Å². The molecule has 11 heteroatoms. The van der Waals surface area contributed by atoms with Crippen LogP contribution in [0.25, 0.3) is 0 Å². The first-order chi connectivity index (χ1) is 17.3. The van der Waals surface area contributed by atoms with Gasteiger partial charge in [-0.15, -0.1) is 0 Å². The number of nitrogens with zero attached hydrogens (tertiary/aromatic N) is 6. The summed E-state index contributed by atoms with van der Waals surface area (Å²) in [4.78, 5) is 34.0. The second-order valence-corrected chi connectivity index (χ2v) is 8.34. The topological polar surface area (TPSA) is 148 Å². The number of nitrogens with two attached hydrogens (primary N) is 2. The number of hydrogen-bond donors (Lipinski definition) is 3. The summed E-state index contributed by atoms with van der Waals surface area (Å²) in [5.74, 6) is 0.584. The molecule has 202 valence electrons. The zero-order valence-electron chi connectivity index (χ0n) is 22.8. The lowest BCUT2D eigenvalue weighted by Crippen LogP contribution is -2.30. The average molecular weight is 504 g/mol. The largest absolute Gasteiger partial charge is 0.364 e. The zero-order valence-corrected chi connectivity index (χ0v) is 22.8. The molecule has 2 aromatic heterocycles. The molecule has 2 aromatic rings. The van der Waals surface area contributed by atoms with Crippen molar-refractivity contribution >= 4 is 29.3 Å². The van der Waals surface area contributed by atoms with Crippen molar-refractivity contribution in [2.75, 3.05) is 37.4 Å². The summed E-state index contributed by atoms with van der Waals surface area (Å²) in [5.41, 5.74) is 11.2. The lowest BCUT2D eigenvalue weighted by molar-refractivity contribution is 0.0996. The Morgan fingerprint density at radius 1 is 0.972 bits per heavy atom. The second-order valence-electron chi connectivity index (χ2n) is 8.34. The number of primary amides is 2. The highest BCUT2D eigenvalue weighted by Gasteiger charge is 2.20. The molecule has 1 aliphatic heterocycles. The summed E-state index contributed by atoms with van der Waals surface area (Å²) in [6, 6.07) is 0.0573. The van der Waals surface area contributed by atoms with E-state index in [4.69, 9.17) is 11.5 Å². The number of anilines is 3. The van der Waals surface area contributed by atoms with Gasteiger partial charge < -0.3 is 26.6 Å². The van der Waals surface area contributed by atoms with Gasteiger partial charge in [-0.1, -0.05) is 40.5 Å². The minimum absolute atomic E-state index is 0.152. The Balaban J connectivity index is 0.000000563. The second kappa shape index (κ2) is 16.3.